The summed E-state index contributed by atoms with van der Waals surface area (Å²) < 4.78 is 26.7. The van der Waals surface area contributed by atoms with Crippen molar-refractivity contribution < 1.29 is 13.6 Å². The van der Waals surface area contributed by atoms with Crippen LogP contribution < -0.4 is 5.32 Å². The quantitative estimate of drug-likeness (QED) is 0.761. The predicted molar refractivity (Wildman–Crippen MR) is 75.3 cm³/mol. The van der Waals surface area contributed by atoms with Crippen LogP contribution in [0, 0.1) is 17.6 Å². The highest BCUT2D eigenvalue weighted by molar-refractivity contribution is 9.09. The summed E-state index contributed by atoms with van der Waals surface area (Å²) in [6.07, 6.45) is 1.66. The summed E-state index contributed by atoms with van der Waals surface area (Å²) >= 11 is 3.36. The third-order valence-electron chi connectivity index (χ3n) is 3.08. The zero-order chi connectivity index (χ0) is 14.3. The molecule has 0 aliphatic rings. The number of halogens is 3. The molecule has 0 saturated carbocycles. The maximum Gasteiger partial charge on any atom is 0.224 e. The zero-order valence-corrected chi connectivity index (χ0v) is 12.5. The highest BCUT2D eigenvalue weighted by Crippen LogP contribution is 2.13. The van der Waals surface area contributed by atoms with Gasteiger partial charge in [-0.25, -0.2) is 8.78 Å². The molecule has 1 rings (SSSR count). The van der Waals surface area contributed by atoms with Crippen molar-refractivity contribution >= 4 is 21.8 Å². The number of amides is 1. The van der Waals surface area contributed by atoms with Crippen molar-refractivity contribution in [3.63, 3.8) is 0 Å². The van der Waals surface area contributed by atoms with Gasteiger partial charge in [0, 0.05) is 17.4 Å². The van der Waals surface area contributed by atoms with Crippen LogP contribution in [0.25, 0.3) is 0 Å². The molecule has 0 heterocycles. The Morgan fingerprint density at radius 1 is 1.37 bits per heavy atom. The van der Waals surface area contributed by atoms with Crippen LogP contribution in [0.3, 0.4) is 0 Å². The summed E-state index contributed by atoms with van der Waals surface area (Å²) in [5.74, 6) is -1.32. The van der Waals surface area contributed by atoms with Gasteiger partial charge in [0.15, 0.2) is 0 Å². The first-order valence-corrected chi connectivity index (χ1v) is 7.46. The molecule has 2 nitrogen and oxygen atoms in total. The SMILES string of the molecule is CCC(CCBr)CNC(=O)Cc1c(F)cccc1F. The van der Waals surface area contributed by atoms with Gasteiger partial charge < -0.3 is 5.32 Å². The third-order valence-corrected chi connectivity index (χ3v) is 3.54. The van der Waals surface area contributed by atoms with Crippen LogP contribution in [0.15, 0.2) is 18.2 Å². The number of carbonyl (C=O) groups excluding carboxylic acids is 1. The number of hydrogen-bond donors (Lipinski definition) is 1. The van der Waals surface area contributed by atoms with Crippen LogP contribution in [0.1, 0.15) is 25.3 Å². The summed E-state index contributed by atoms with van der Waals surface area (Å²) in [6, 6.07) is 3.60. The van der Waals surface area contributed by atoms with Gasteiger partial charge in [-0.2, -0.15) is 0 Å². The van der Waals surface area contributed by atoms with Gasteiger partial charge in [0.25, 0.3) is 0 Å². The van der Waals surface area contributed by atoms with E-state index in [1.807, 2.05) is 0 Å². The fourth-order valence-corrected chi connectivity index (χ4v) is 2.43. The lowest BCUT2D eigenvalue weighted by Gasteiger charge is -2.14. The fourth-order valence-electron chi connectivity index (χ4n) is 1.79. The summed E-state index contributed by atoms with van der Waals surface area (Å²) in [6.45, 7) is 2.59. The summed E-state index contributed by atoms with van der Waals surface area (Å²) in [7, 11) is 0. The first-order chi connectivity index (χ1) is 9.08. The number of rotatable bonds is 7. The van der Waals surface area contributed by atoms with Crippen molar-refractivity contribution in [2.45, 2.75) is 26.2 Å². The molecule has 0 spiro atoms. The number of nitrogens with one attached hydrogen (secondary N) is 1. The van der Waals surface area contributed by atoms with Crippen molar-refractivity contribution in [1.29, 1.82) is 0 Å². The Kier molecular flexibility index (Phi) is 6.99. The lowest BCUT2D eigenvalue weighted by atomic mass is 10.0. The largest absolute Gasteiger partial charge is 0.356 e. The molecule has 1 atom stereocenters. The number of benzene rings is 1. The summed E-state index contributed by atoms with van der Waals surface area (Å²) in [5, 5.41) is 3.61. The van der Waals surface area contributed by atoms with Gasteiger partial charge in [-0.3, -0.25) is 4.79 Å². The van der Waals surface area contributed by atoms with E-state index in [0.29, 0.717) is 12.5 Å². The van der Waals surface area contributed by atoms with E-state index in [1.54, 1.807) is 0 Å². The molecule has 0 aromatic heterocycles. The molecule has 19 heavy (non-hydrogen) atoms. The molecule has 1 aromatic carbocycles. The maximum absolute atomic E-state index is 13.4. The van der Waals surface area contributed by atoms with Crippen molar-refractivity contribution in [3.8, 4) is 0 Å². The van der Waals surface area contributed by atoms with Crippen LogP contribution in [-0.4, -0.2) is 17.8 Å². The molecule has 0 fully saturated rings. The number of carbonyl (C=O) groups is 1. The zero-order valence-electron chi connectivity index (χ0n) is 10.9. The maximum atomic E-state index is 13.4. The molecule has 1 amide bonds. The van der Waals surface area contributed by atoms with Crippen molar-refractivity contribution in [2.24, 2.45) is 5.92 Å². The summed E-state index contributed by atoms with van der Waals surface area (Å²) in [5.41, 5.74) is -0.173. The Morgan fingerprint density at radius 3 is 2.53 bits per heavy atom. The van der Waals surface area contributed by atoms with Crippen molar-refractivity contribution in [2.75, 3.05) is 11.9 Å². The average molecular weight is 334 g/mol. The minimum absolute atomic E-state index is 0.173. The van der Waals surface area contributed by atoms with Crippen LogP contribution >= 0.6 is 15.9 Å². The van der Waals surface area contributed by atoms with Gasteiger partial charge in [-0.1, -0.05) is 35.3 Å². The first-order valence-electron chi connectivity index (χ1n) is 6.34. The molecule has 1 aromatic rings. The van der Waals surface area contributed by atoms with E-state index in [4.69, 9.17) is 0 Å². The van der Waals surface area contributed by atoms with Gasteiger partial charge in [0.05, 0.1) is 6.42 Å². The monoisotopic (exact) mass is 333 g/mol. The minimum Gasteiger partial charge on any atom is -0.356 e. The Hall–Kier alpha value is -0.970. The normalized spacial score (nSPS) is 12.2. The second-order valence-corrected chi connectivity index (χ2v) is 5.23. The molecule has 0 bridgehead atoms. The van der Waals surface area contributed by atoms with Crippen LogP contribution in [0.2, 0.25) is 0 Å². The van der Waals surface area contributed by atoms with E-state index >= 15 is 0 Å². The summed E-state index contributed by atoms with van der Waals surface area (Å²) in [4.78, 5) is 11.7. The van der Waals surface area contributed by atoms with Crippen LogP contribution in [0.4, 0.5) is 8.78 Å². The molecule has 1 N–H and O–H groups in total. The van der Waals surface area contributed by atoms with E-state index < -0.39 is 11.6 Å². The highest BCUT2D eigenvalue weighted by Gasteiger charge is 2.14. The van der Waals surface area contributed by atoms with Gasteiger partial charge in [-0.05, 0) is 24.5 Å². The topological polar surface area (TPSA) is 29.1 Å². The van der Waals surface area contributed by atoms with Gasteiger partial charge in [-0.15, -0.1) is 0 Å². The van der Waals surface area contributed by atoms with E-state index in [0.717, 1.165) is 30.3 Å². The first kappa shape index (κ1) is 16.1. The van der Waals surface area contributed by atoms with Gasteiger partial charge in [0.1, 0.15) is 11.6 Å². The van der Waals surface area contributed by atoms with E-state index in [2.05, 4.69) is 28.2 Å². The third kappa shape index (κ3) is 5.27. The van der Waals surface area contributed by atoms with Crippen LogP contribution in [0.5, 0.6) is 0 Å². The Labute approximate surface area is 120 Å². The Balaban J connectivity index is 2.51. The standard InChI is InChI=1S/C14H18BrF2NO/c1-2-10(6-7-15)9-18-14(19)8-11-12(16)4-3-5-13(11)17/h3-5,10H,2,6-9H2,1H3,(H,18,19). The molecule has 0 aliphatic heterocycles. The molecular formula is C14H18BrF2NO. The molecule has 0 aliphatic carbocycles. The van der Waals surface area contributed by atoms with Crippen molar-refractivity contribution in [1.82, 2.24) is 5.32 Å². The van der Waals surface area contributed by atoms with E-state index in [-0.39, 0.29) is 17.9 Å². The van der Waals surface area contributed by atoms with E-state index in [1.165, 1.54) is 6.07 Å². The minimum atomic E-state index is -0.678. The van der Waals surface area contributed by atoms with Gasteiger partial charge in [0.2, 0.25) is 5.91 Å². The average Bonchev–Trinajstić information content (AvgIpc) is 2.39. The smallest absolute Gasteiger partial charge is 0.224 e. The highest BCUT2D eigenvalue weighted by atomic mass is 79.9. The molecule has 0 saturated heterocycles. The Morgan fingerprint density at radius 2 is 2.00 bits per heavy atom. The molecule has 5 heteroatoms. The Bertz CT molecular complexity index is 406. The fraction of sp³-hybridized carbons (Fsp3) is 0.500. The second kappa shape index (κ2) is 8.25. The molecular weight excluding hydrogens is 316 g/mol. The van der Waals surface area contributed by atoms with Crippen molar-refractivity contribution in [3.05, 3.63) is 35.4 Å². The predicted octanol–water partition coefficient (Wildman–Crippen LogP) is 3.43. The molecule has 1 unspecified atom stereocenters. The lowest BCUT2D eigenvalue weighted by molar-refractivity contribution is -0.120. The second-order valence-electron chi connectivity index (χ2n) is 4.43. The van der Waals surface area contributed by atoms with Gasteiger partial charge >= 0.3 is 0 Å². The number of hydrogen-bond acceptors (Lipinski definition) is 1. The number of alkyl halides is 1. The van der Waals surface area contributed by atoms with Crippen LogP contribution in [-0.2, 0) is 11.2 Å². The molecule has 0 radical (unpaired) electrons. The molecule has 106 valence electrons. The van der Waals surface area contributed by atoms with E-state index in [9.17, 15) is 13.6 Å². The lowest BCUT2D eigenvalue weighted by Crippen LogP contribution is -2.31.